The van der Waals surface area contributed by atoms with Crippen molar-refractivity contribution in [2.45, 2.75) is 19.4 Å². The SMILES string of the molecule is Cc1ccc(OS(=O)(=O)Oc2ccc(CC(N)C(=O)O)cc2)cn1. The summed E-state index contributed by atoms with van der Waals surface area (Å²) in [5, 5.41) is 8.76. The molecule has 128 valence electrons. The van der Waals surface area contributed by atoms with E-state index in [1.165, 1.54) is 36.5 Å². The molecule has 0 radical (unpaired) electrons. The summed E-state index contributed by atoms with van der Waals surface area (Å²) >= 11 is 0. The summed E-state index contributed by atoms with van der Waals surface area (Å²) in [6, 6.07) is 7.86. The van der Waals surface area contributed by atoms with Crippen LogP contribution in [0.5, 0.6) is 11.5 Å². The lowest BCUT2D eigenvalue weighted by molar-refractivity contribution is -0.138. The Morgan fingerprint density at radius 3 is 2.29 bits per heavy atom. The van der Waals surface area contributed by atoms with Crippen molar-refractivity contribution in [3.8, 4) is 11.5 Å². The highest BCUT2D eigenvalue weighted by Crippen LogP contribution is 2.18. The molecule has 0 amide bonds. The van der Waals surface area contributed by atoms with Crippen LogP contribution in [0.15, 0.2) is 42.6 Å². The second kappa shape index (κ2) is 7.28. The Labute approximate surface area is 139 Å². The van der Waals surface area contributed by atoms with Gasteiger partial charge in [-0.3, -0.25) is 9.78 Å². The van der Waals surface area contributed by atoms with Gasteiger partial charge in [-0.05, 0) is 43.2 Å². The van der Waals surface area contributed by atoms with Gasteiger partial charge in [0.15, 0.2) is 5.75 Å². The predicted molar refractivity (Wildman–Crippen MR) is 84.9 cm³/mol. The molecule has 1 unspecified atom stereocenters. The van der Waals surface area contributed by atoms with Crippen LogP contribution in [0.4, 0.5) is 0 Å². The Morgan fingerprint density at radius 1 is 1.17 bits per heavy atom. The third-order valence-corrected chi connectivity index (χ3v) is 3.77. The standard InChI is InChI=1S/C15H16N2O6S/c1-10-2-5-13(9-17-10)23-24(20,21)22-12-6-3-11(4-7-12)8-14(16)15(18)19/h2-7,9,14H,8,16H2,1H3,(H,18,19). The fourth-order valence-corrected chi connectivity index (χ4v) is 2.49. The number of hydrogen-bond donors (Lipinski definition) is 2. The number of benzene rings is 1. The molecule has 1 heterocycles. The van der Waals surface area contributed by atoms with Gasteiger partial charge in [0.2, 0.25) is 0 Å². The largest absolute Gasteiger partial charge is 0.501 e. The Hall–Kier alpha value is -2.65. The highest BCUT2D eigenvalue weighted by atomic mass is 32.3. The molecule has 3 N–H and O–H groups in total. The van der Waals surface area contributed by atoms with Crippen LogP contribution in [0, 0.1) is 6.92 Å². The maximum atomic E-state index is 11.8. The number of aliphatic carboxylic acids is 1. The summed E-state index contributed by atoms with van der Waals surface area (Å²) in [6.07, 6.45) is 1.39. The summed E-state index contributed by atoms with van der Waals surface area (Å²) in [4.78, 5) is 14.6. The van der Waals surface area contributed by atoms with Crippen LogP contribution in [-0.4, -0.2) is 30.5 Å². The van der Waals surface area contributed by atoms with Gasteiger partial charge in [-0.1, -0.05) is 12.1 Å². The van der Waals surface area contributed by atoms with Gasteiger partial charge in [0.25, 0.3) is 0 Å². The average molecular weight is 352 g/mol. The maximum Gasteiger partial charge on any atom is 0.501 e. The number of carboxylic acids is 1. The van der Waals surface area contributed by atoms with Crippen molar-refractivity contribution in [2.24, 2.45) is 5.73 Å². The molecule has 0 saturated heterocycles. The molecule has 0 aliphatic heterocycles. The van der Waals surface area contributed by atoms with Gasteiger partial charge >= 0.3 is 16.4 Å². The Morgan fingerprint density at radius 2 is 1.75 bits per heavy atom. The highest BCUT2D eigenvalue weighted by molar-refractivity contribution is 7.82. The van der Waals surface area contributed by atoms with Crippen molar-refractivity contribution in [3.05, 3.63) is 53.9 Å². The molecule has 1 aromatic carbocycles. The van der Waals surface area contributed by atoms with E-state index in [0.29, 0.717) is 5.56 Å². The van der Waals surface area contributed by atoms with Crippen molar-refractivity contribution in [1.29, 1.82) is 0 Å². The molecule has 0 fully saturated rings. The van der Waals surface area contributed by atoms with E-state index < -0.39 is 22.4 Å². The number of pyridine rings is 1. The summed E-state index contributed by atoms with van der Waals surface area (Å²) in [6.45, 7) is 1.76. The van der Waals surface area contributed by atoms with Gasteiger partial charge in [0, 0.05) is 5.69 Å². The van der Waals surface area contributed by atoms with E-state index in [1.807, 2.05) is 0 Å². The van der Waals surface area contributed by atoms with E-state index in [4.69, 9.17) is 19.2 Å². The number of rotatable bonds is 7. The number of carbonyl (C=O) groups is 1. The fourth-order valence-electron chi connectivity index (χ4n) is 1.78. The van der Waals surface area contributed by atoms with E-state index >= 15 is 0 Å². The molecule has 2 aromatic rings. The van der Waals surface area contributed by atoms with E-state index in [1.54, 1.807) is 13.0 Å². The van der Waals surface area contributed by atoms with Gasteiger partial charge < -0.3 is 19.2 Å². The Bertz CT molecular complexity index is 803. The lowest BCUT2D eigenvalue weighted by Crippen LogP contribution is -2.32. The van der Waals surface area contributed by atoms with Gasteiger partial charge in [-0.25, -0.2) is 0 Å². The molecule has 1 atom stereocenters. The Balaban J connectivity index is 2.01. The number of nitrogens with two attached hydrogens (primary N) is 1. The van der Waals surface area contributed by atoms with Gasteiger partial charge in [-0.15, -0.1) is 8.42 Å². The summed E-state index contributed by atoms with van der Waals surface area (Å²) < 4.78 is 33.3. The molecule has 0 bridgehead atoms. The molecule has 1 aromatic heterocycles. The zero-order valence-corrected chi connectivity index (χ0v) is 13.6. The lowest BCUT2D eigenvalue weighted by Gasteiger charge is -2.09. The summed E-state index contributed by atoms with van der Waals surface area (Å²) in [5.41, 5.74) is 6.79. The van der Waals surface area contributed by atoms with E-state index in [2.05, 4.69) is 4.98 Å². The molecule has 9 heteroatoms. The first kappa shape index (κ1) is 17.7. The molecule has 0 aliphatic carbocycles. The van der Waals surface area contributed by atoms with Crippen molar-refractivity contribution in [2.75, 3.05) is 0 Å². The van der Waals surface area contributed by atoms with Crippen LogP contribution in [0.1, 0.15) is 11.3 Å². The van der Waals surface area contributed by atoms with Gasteiger partial charge in [0.1, 0.15) is 11.8 Å². The number of aromatic nitrogens is 1. The van der Waals surface area contributed by atoms with Crippen LogP contribution in [0.25, 0.3) is 0 Å². The monoisotopic (exact) mass is 352 g/mol. The van der Waals surface area contributed by atoms with E-state index in [-0.39, 0.29) is 17.9 Å². The molecule has 24 heavy (non-hydrogen) atoms. The Kier molecular flexibility index (Phi) is 5.37. The molecule has 0 spiro atoms. The minimum atomic E-state index is -4.31. The molecular formula is C15H16N2O6S. The van der Waals surface area contributed by atoms with Crippen LogP contribution < -0.4 is 14.1 Å². The number of hydrogen-bond acceptors (Lipinski definition) is 7. The smallest absolute Gasteiger partial charge is 0.480 e. The van der Waals surface area contributed by atoms with Crippen molar-refractivity contribution >= 4 is 16.4 Å². The lowest BCUT2D eigenvalue weighted by atomic mass is 10.1. The third-order valence-electron chi connectivity index (χ3n) is 2.98. The quantitative estimate of drug-likeness (QED) is 0.756. The molecule has 8 nitrogen and oxygen atoms in total. The molecular weight excluding hydrogens is 336 g/mol. The molecule has 0 aliphatic rings. The van der Waals surface area contributed by atoms with Crippen molar-refractivity contribution in [3.63, 3.8) is 0 Å². The van der Waals surface area contributed by atoms with Crippen molar-refractivity contribution in [1.82, 2.24) is 4.98 Å². The summed E-state index contributed by atoms with van der Waals surface area (Å²) in [7, 11) is -4.31. The number of carboxylic acid groups (broad SMARTS) is 1. The minimum absolute atomic E-state index is 0.0303. The van der Waals surface area contributed by atoms with Crippen LogP contribution >= 0.6 is 0 Å². The third kappa shape index (κ3) is 5.21. The zero-order chi connectivity index (χ0) is 17.7. The number of aryl methyl sites for hydroxylation is 1. The minimum Gasteiger partial charge on any atom is -0.480 e. The van der Waals surface area contributed by atoms with Crippen LogP contribution in [0.3, 0.4) is 0 Å². The fraction of sp³-hybridized carbons (Fsp3) is 0.200. The second-order valence-electron chi connectivity index (χ2n) is 5.00. The van der Waals surface area contributed by atoms with Gasteiger partial charge in [0.05, 0.1) is 6.20 Å². The van der Waals surface area contributed by atoms with E-state index in [9.17, 15) is 13.2 Å². The van der Waals surface area contributed by atoms with Crippen molar-refractivity contribution < 1.29 is 26.7 Å². The van der Waals surface area contributed by atoms with Crippen LogP contribution in [-0.2, 0) is 21.6 Å². The van der Waals surface area contributed by atoms with Crippen LogP contribution in [0.2, 0.25) is 0 Å². The topological polar surface area (TPSA) is 129 Å². The first-order valence-electron chi connectivity index (χ1n) is 6.89. The zero-order valence-electron chi connectivity index (χ0n) is 12.7. The van der Waals surface area contributed by atoms with E-state index in [0.717, 1.165) is 5.69 Å². The normalized spacial score (nSPS) is 12.4. The molecule has 0 saturated carbocycles. The highest BCUT2D eigenvalue weighted by Gasteiger charge is 2.17. The predicted octanol–water partition coefficient (Wildman–Crippen LogP) is 1.05. The first-order chi connectivity index (χ1) is 11.2. The van der Waals surface area contributed by atoms with Gasteiger partial charge in [-0.2, -0.15) is 0 Å². The second-order valence-corrected chi connectivity index (χ2v) is 6.15. The maximum absolute atomic E-state index is 11.8. The molecule has 2 rings (SSSR count). The first-order valence-corrected chi connectivity index (χ1v) is 8.22. The number of nitrogens with zero attached hydrogens (tertiary/aromatic N) is 1. The summed E-state index contributed by atoms with van der Waals surface area (Å²) in [5.74, 6) is -1.05. The average Bonchev–Trinajstić information content (AvgIpc) is 2.51.